The first-order valence-electron chi connectivity index (χ1n) is 13.8. The molecular formula is C30H37F2N3O6. The van der Waals surface area contributed by atoms with Gasteiger partial charge in [0.25, 0.3) is 0 Å². The lowest BCUT2D eigenvalue weighted by Crippen LogP contribution is -2.58. The summed E-state index contributed by atoms with van der Waals surface area (Å²) in [5, 5.41) is 18.9. The number of likely N-dealkylation sites (tertiary alicyclic amines) is 2. The molecule has 222 valence electrons. The SMILES string of the molecule is C[C@@H](O)[C@@H](CC(=O)OCC1c2ccccc2-c2ccccc21)C(=O)N1CC(F)C1.C[C@@H](O)[C@@H](N)C(=O)N1CC(F)C1. The summed E-state index contributed by atoms with van der Waals surface area (Å²) in [6, 6.07) is 15.2. The summed E-state index contributed by atoms with van der Waals surface area (Å²) in [6.07, 6.45) is -4.06. The van der Waals surface area contributed by atoms with Gasteiger partial charge in [0.2, 0.25) is 11.8 Å². The maximum Gasteiger partial charge on any atom is 0.306 e. The van der Waals surface area contributed by atoms with Gasteiger partial charge in [-0.15, -0.1) is 0 Å². The van der Waals surface area contributed by atoms with E-state index in [0.717, 1.165) is 22.3 Å². The van der Waals surface area contributed by atoms with Crippen molar-refractivity contribution in [3.05, 3.63) is 59.7 Å². The third-order valence-corrected chi connectivity index (χ3v) is 7.76. The third-order valence-electron chi connectivity index (χ3n) is 7.76. The maximum absolute atomic E-state index is 13.0. The molecule has 0 saturated carbocycles. The summed E-state index contributed by atoms with van der Waals surface area (Å²) >= 11 is 0. The molecule has 4 N–H and O–H groups in total. The van der Waals surface area contributed by atoms with E-state index >= 15 is 0 Å². The Kier molecular flexibility index (Phi) is 9.72. The first kappa shape index (κ1) is 30.5. The normalized spacial score (nSPS) is 19.4. The molecule has 1 aliphatic carbocycles. The molecule has 0 aromatic heterocycles. The fourth-order valence-corrected chi connectivity index (χ4v) is 5.18. The number of halogens is 2. The second-order valence-corrected chi connectivity index (χ2v) is 10.9. The van der Waals surface area contributed by atoms with E-state index in [-0.39, 0.29) is 51.0 Å². The molecular weight excluding hydrogens is 536 g/mol. The van der Waals surface area contributed by atoms with Crippen LogP contribution in [0.1, 0.15) is 37.3 Å². The van der Waals surface area contributed by atoms with Crippen molar-refractivity contribution < 1.29 is 38.1 Å². The van der Waals surface area contributed by atoms with Gasteiger partial charge in [-0.3, -0.25) is 14.4 Å². The van der Waals surface area contributed by atoms with Gasteiger partial charge in [-0.2, -0.15) is 0 Å². The number of nitrogens with two attached hydrogens (primary N) is 1. The van der Waals surface area contributed by atoms with Crippen LogP contribution in [0.5, 0.6) is 0 Å². The maximum atomic E-state index is 13.0. The summed E-state index contributed by atoms with van der Waals surface area (Å²) in [5.41, 5.74) is 9.85. The largest absolute Gasteiger partial charge is 0.465 e. The lowest BCUT2D eigenvalue weighted by atomic mass is 9.95. The molecule has 3 aliphatic rings. The predicted molar refractivity (Wildman–Crippen MR) is 147 cm³/mol. The zero-order chi connectivity index (χ0) is 29.8. The molecule has 41 heavy (non-hydrogen) atoms. The Morgan fingerprint density at radius 1 is 0.854 bits per heavy atom. The number of hydrogen-bond donors (Lipinski definition) is 3. The Bertz CT molecular complexity index is 1200. The van der Waals surface area contributed by atoms with E-state index in [9.17, 15) is 28.3 Å². The molecule has 5 rings (SSSR count). The zero-order valence-corrected chi connectivity index (χ0v) is 23.2. The molecule has 9 nitrogen and oxygen atoms in total. The van der Waals surface area contributed by atoms with Crippen LogP contribution in [0.3, 0.4) is 0 Å². The molecule has 2 aromatic rings. The van der Waals surface area contributed by atoms with Crippen molar-refractivity contribution in [3.8, 4) is 11.1 Å². The minimum Gasteiger partial charge on any atom is -0.465 e. The van der Waals surface area contributed by atoms with Gasteiger partial charge in [0, 0.05) is 5.92 Å². The fraction of sp³-hybridized carbons (Fsp3) is 0.500. The first-order valence-corrected chi connectivity index (χ1v) is 13.8. The third kappa shape index (κ3) is 6.91. The minimum atomic E-state index is -1.02. The molecule has 2 aliphatic heterocycles. The molecule has 2 aromatic carbocycles. The standard InChI is InChI=1S/C23H24FNO4.C7H13FN2O2/c1-14(26)20(23(28)25-11-15(24)12-25)10-22(27)29-13-21-18-8-4-2-6-16(18)17-7-3-5-9-19(17)21;1-4(11)6(9)7(12)10-2-5(8)3-10/h2-9,14-15,20-21,26H,10-13H2,1H3;4-6,11H,2-3,9H2,1H3/t14-,20-;4-,6-/m11/s1. The van der Waals surface area contributed by atoms with Crippen molar-refractivity contribution in [2.75, 3.05) is 32.8 Å². The van der Waals surface area contributed by atoms with Crippen molar-refractivity contribution in [1.82, 2.24) is 9.80 Å². The number of aliphatic hydroxyl groups excluding tert-OH is 2. The lowest BCUT2D eigenvalue weighted by molar-refractivity contribution is -0.155. The number of ether oxygens (including phenoxy) is 1. The molecule has 0 bridgehead atoms. The van der Waals surface area contributed by atoms with Gasteiger partial charge in [0.15, 0.2) is 0 Å². The van der Waals surface area contributed by atoms with E-state index in [1.165, 1.54) is 23.6 Å². The second kappa shape index (κ2) is 13.1. The number of hydrogen-bond acceptors (Lipinski definition) is 7. The van der Waals surface area contributed by atoms with Crippen LogP contribution in [0.4, 0.5) is 8.78 Å². The van der Waals surface area contributed by atoms with Gasteiger partial charge in [0.05, 0.1) is 50.7 Å². The molecule has 11 heteroatoms. The van der Waals surface area contributed by atoms with Crippen LogP contribution in [0.2, 0.25) is 0 Å². The molecule has 2 fully saturated rings. The predicted octanol–water partition coefficient (Wildman–Crippen LogP) is 1.78. The van der Waals surface area contributed by atoms with Gasteiger partial charge in [-0.05, 0) is 36.1 Å². The number of nitrogens with zero attached hydrogens (tertiary/aromatic N) is 2. The van der Waals surface area contributed by atoms with E-state index in [0.29, 0.717) is 0 Å². The van der Waals surface area contributed by atoms with Crippen LogP contribution < -0.4 is 5.73 Å². The van der Waals surface area contributed by atoms with Crippen molar-refractivity contribution >= 4 is 17.8 Å². The average molecular weight is 574 g/mol. The number of alkyl halides is 2. The number of rotatable bonds is 8. The monoisotopic (exact) mass is 573 g/mol. The Morgan fingerprint density at radius 3 is 1.76 bits per heavy atom. The molecule has 0 radical (unpaired) electrons. The van der Waals surface area contributed by atoms with Gasteiger partial charge < -0.3 is 30.5 Å². The molecule has 4 atom stereocenters. The van der Waals surface area contributed by atoms with E-state index in [1.807, 2.05) is 36.4 Å². The number of aliphatic hydroxyl groups is 2. The van der Waals surface area contributed by atoms with Gasteiger partial charge in [-0.25, -0.2) is 8.78 Å². The Morgan fingerprint density at radius 2 is 1.32 bits per heavy atom. The smallest absolute Gasteiger partial charge is 0.306 e. The van der Waals surface area contributed by atoms with Gasteiger partial charge in [0.1, 0.15) is 25.0 Å². The van der Waals surface area contributed by atoms with Crippen LogP contribution in [-0.4, -0.2) is 101 Å². The number of amides is 2. The van der Waals surface area contributed by atoms with Gasteiger partial charge >= 0.3 is 5.97 Å². The van der Waals surface area contributed by atoms with Crippen molar-refractivity contribution in [1.29, 1.82) is 0 Å². The summed E-state index contributed by atoms with van der Waals surface area (Å²) < 4.78 is 30.9. The van der Waals surface area contributed by atoms with E-state index < -0.39 is 48.4 Å². The second-order valence-electron chi connectivity index (χ2n) is 10.9. The number of esters is 1. The summed E-state index contributed by atoms with van der Waals surface area (Å²) in [5.74, 6) is -2.29. The van der Waals surface area contributed by atoms with Crippen LogP contribution in [-0.2, 0) is 19.1 Å². The number of benzene rings is 2. The van der Waals surface area contributed by atoms with Crippen LogP contribution in [0, 0.1) is 5.92 Å². The highest BCUT2D eigenvalue weighted by Gasteiger charge is 2.38. The summed E-state index contributed by atoms with van der Waals surface area (Å²) in [6.45, 7) is 3.34. The lowest BCUT2D eigenvalue weighted by Gasteiger charge is -2.37. The quantitative estimate of drug-likeness (QED) is 0.410. The Balaban J connectivity index is 0.000000271. The van der Waals surface area contributed by atoms with Crippen LogP contribution >= 0.6 is 0 Å². The average Bonchev–Trinajstić information content (AvgIpc) is 3.24. The number of carbonyl (C=O) groups is 3. The number of carbonyl (C=O) groups excluding carboxylic acids is 3. The van der Waals surface area contributed by atoms with E-state index in [2.05, 4.69) is 12.1 Å². The molecule has 2 amide bonds. The summed E-state index contributed by atoms with van der Waals surface area (Å²) in [4.78, 5) is 38.7. The van der Waals surface area contributed by atoms with Crippen LogP contribution in [0.25, 0.3) is 11.1 Å². The highest BCUT2D eigenvalue weighted by atomic mass is 19.1. The van der Waals surface area contributed by atoms with Crippen molar-refractivity contribution in [2.24, 2.45) is 11.7 Å². The Hall–Kier alpha value is -3.41. The number of fused-ring (bicyclic) bond motifs is 3. The molecule has 2 saturated heterocycles. The topological polar surface area (TPSA) is 133 Å². The highest BCUT2D eigenvalue weighted by molar-refractivity contribution is 5.85. The van der Waals surface area contributed by atoms with E-state index in [4.69, 9.17) is 15.6 Å². The molecule has 0 spiro atoms. The highest BCUT2D eigenvalue weighted by Crippen LogP contribution is 2.44. The van der Waals surface area contributed by atoms with Gasteiger partial charge in [-0.1, -0.05) is 48.5 Å². The zero-order valence-electron chi connectivity index (χ0n) is 23.2. The van der Waals surface area contributed by atoms with Crippen LogP contribution in [0.15, 0.2) is 48.5 Å². The fourth-order valence-electron chi connectivity index (χ4n) is 5.18. The molecule has 0 unspecified atom stereocenters. The molecule has 2 heterocycles. The minimum absolute atomic E-state index is 0.0206. The van der Waals surface area contributed by atoms with E-state index in [1.54, 1.807) is 0 Å². The van der Waals surface area contributed by atoms with Crippen molar-refractivity contribution in [3.63, 3.8) is 0 Å². The summed E-state index contributed by atoms with van der Waals surface area (Å²) in [7, 11) is 0. The van der Waals surface area contributed by atoms with Crippen molar-refractivity contribution in [2.45, 2.75) is 56.8 Å². The Labute approximate surface area is 237 Å². The first-order chi connectivity index (χ1) is 19.5.